The van der Waals surface area contributed by atoms with E-state index in [-0.39, 0.29) is 41.7 Å². The minimum atomic E-state index is -1.31. The van der Waals surface area contributed by atoms with Crippen LogP contribution in [0, 0.1) is 12.3 Å². The van der Waals surface area contributed by atoms with E-state index in [0.717, 1.165) is 5.56 Å². The van der Waals surface area contributed by atoms with Crippen molar-refractivity contribution >= 4 is 40.8 Å². The number of carboxylic acids is 2. The van der Waals surface area contributed by atoms with E-state index in [4.69, 9.17) is 23.0 Å². The Kier molecular flexibility index (Phi) is 7.73. The molecule has 35 heavy (non-hydrogen) atoms. The molecule has 3 rings (SSSR count). The molecular formula is C23H23N7O5. The highest BCUT2D eigenvalue weighted by molar-refractivity contribution is 5.96. The number of nitrogens with one attached hydrogen (secondary N) is 1. The van der Waals surface area contributed by atoms with Gasteiger partial charge in [0.25, 0.3) is 5.91 Å². The monoisotopic (exact) mass is 477 g/mol. The topological polar surface area (TPSA) is 207 Å². The van der Waals surface area contributed by atoms with Gasteiger partial charge in [0.2, 0.25) is 5.95 Å². The molecule has 180 valence electrons. The van der Waals surface area contributed by atoms with Gasteiger partial charge in [-0.05, 0) is 30.5 Å². The molecule has 0 fully saturated rings. The van der Waals surface area contributed by atoms with E-state index in [1.165, 1.54) is 0 Å². The van der Waals surface area contributed by atoms with Gasteiger partial charge >= 0.3 is 11.9 Å². The van der Waals surface area contributed by atoms with Gasteiger partial charge in [-0.15, -0.1) is 12.3 Å². The molecule has 0 unspecified atom stereocenters. The van der Waals surface area contributed by atoms with E-state index in [2.05, 4.69) is 31.2 Å². The number of nitrogen functional groups attached to an aromatic ring is 2. The van der Waals surface area contributed by atoms with Crippen molar-refractivity contribution in [1.29, 1.82) is 0 Å². The molecule has 0 saturated carbocycles. The number of nitrogens with two attached hydrogens (primary N) is 2. The van der Waals surface area contributed by atoms with Crippen molar-refractivity contribution in [2.75, 3.05) is 11.5 Å². The Hall–Kier alpha value is -4.79. The molecule has 3 aromatic rings. The number of aromatic nitrogens is 4. The SMILES string of the molecule is C#CC[C@@H](Cc1cnc2nc(N)nc(N)c2n1)c1ccc(C(=O)N[C@H](CCC(=O)O)C(=O)O)cc1. The average Bonchev–Trinajstić information content (AvgIpc) is 2.81. The quantitative estimate of drug-likeness (QED) is 0.260. The van der Waals surface area contributed by atoms with Crippen molar-refractivity contribution in [3.8, 4) is 12.3 Å². The molecule has 0 bridgehead atoms. The largest absolute Gasteiger partial charge is 0.481 e. The summed E-state index contributed by atoms with van der Waals surface area (Å²) in [6, 6.07) is 5.22. The smallest absolute Gasteiger partial charge is 0.326 e. The molecule has 1 aromatic carbocycles. The lowest BCUT2D eigenvalue weighted by molar-refractivity contribution is -0.140. The van der Waals surface area contributed by atoms with Gasteiger partial charge in [0.05, 0.1) is 11.9 Å². The molecular weight excluding hydrogens is 454 g/mol. The Morgan fingerprint density at radius 1 is 1.09 bits per heavy atom. The lowest BCUT2D eigenvalue weighted by Crippen LogP contribution is -2.41. The maximum Gasteiger partial charge on any atom is 0.326 e. The molecule has 1 amide bonds. The van der Waals surface area contributed by atoms with Gasteiger partial charge in [0.15, 0.2) is 17.0 Å². The summed E-state index contributed by atoms with van der Waals surface area (Å²) in [6.45, 7) is 0. The average molecular weight is 477 g/mol. The summed E-state index contributed by atoms with van der Waals surface area (Å²) in [5.74, 6) is -0.479. The number of hydrogen-bond acceptors (Lipinski definition) is 9. The number of terminal acetylenes is 1. The molecule has 0 aliphatic heterocycles. The number of benzene rings is 1. The van der Waals surface area contributed by atoms with E-state index in [9.17, 15) is 19.5 Å². The van der Waals surface area contributed by atoms with Gasteiger partial charge in [0, 0.05) is 24.3 Å². The number of fused-ring (bicyclic) bond motifs is 1. The highest BCUT2D eigenvalue weighted by Gasteiger charge is 2.22. The fourth-order valence-corrected chi connectivity index (χ4v) is 3.46. The molecule has 0 radical (unpaired) electrons. The van der Waals surface area contributed by atoms with Crippen LogP contribution in [0.5, 0.6) is 0 Å². The predicted molar refractivity (Wildman–Crippen MR) is 126 cm³/mol. The molecule has 2 atom stereocenters. The highest BCUT2D eigenvalue weighted by Crippen LogP contribution is 2.25. The second kappa shape index (κ2) is 10.9. The van der Waals surface area contributed by atoms with Crippen LogP contribution in [0.4, 0.5) is 11.8 Å². The minimum absolute atomic E-state index is 0.00273. The molecule has 0 aliphatic carbocycles. The zero-order chi connectivity index (χ0) is 25.5. The third-order valence-corrected chi connectivity index (χ3v) is 5.22. The van der Waals surface area contributed by atoms with Crippen LogP contribution in [0.25, 0.3) is 11.2 Å². The minimum Gasteiger partial charge on any atom is -0.481 e. The first kappa shape index (κ1) is 24.8. The zero-order valence-corrected chi connectivity index (χ0v) is 18.5. The fraction of sp³-hybridized carbons (Fsp3) is 0.261. The molecule has 7 N–H and O–H groups in total. The Balaban J connectivity index is 1.76. The lowest BCUT2D eigenvalue weighted by Gasteiger charge is -2.16. The first-order valence-corrected chi connectivity index (χ1v) is 10.5. The maximum atomic E-state index is 12.5. The summed E-state index contributed by atoms with van der Waals surface area (Å²) >= 11 is 0. The maximum absolute atomic E-state index is 12.5. The number of rotatable bonds is 10. The standard InChI is InChI=1S/C23H23N7O5/c1-2-3-14(10-15-11-26-20-18(27-15)19(24)29-23(25)30-20)12-4-6-13(7-5-12)21(33)28-16(22(34)35)8-9-17(31)32/h1,4-7,11,14,16H,3,8-10H2,(H,28,33)(H,31,32)(H,34,35)(H4,24,25,26,29,30)/t14-,16+/m0/s1. The molecule has 0 spiro atoms. The Labute approximate surface area is 199 Å². The van der Waals surface area contributed by atoms with E-state index in [1.54, 1.807) is 30.5 Å². The number of aliphatic carboxylic acids is 2. The lowest BCUT2D eigenvalue weighted by atomic mass is 9.91. The summed E-state index contributed by atoms with van der Waals surface area (Å²) in [5.41, 5.74) is 13.8. The fourth-order valence-electron chi connectivity index (χ4n) is 3.46. The Morgan fingerprint density at radius 3 is 2.43 bits per heavy atom. The first-order chi connectivity index (χ1) is 16.7. The number of carboxylic acid groups (broad SMARTS) is 2. The summed E-state index contributed by atoms with van der Waals surface area (Å²) in [7, 11) is 0. The number of anilines is 2. The van der Waals surface area contributed by atoms with Crippen molar-refractivity contribution < 1.29 is 24.6 Å². The van der Waals surface area contributed by atoms with Crippen LogP contribution >= 0.6 is 0 Å². The van der Waals surface area contributed by atoms with Crippen LogP contribution < -0.4 is 16.8 Å². The van der Waals surface area contributed by atoms with Crippen molar-refractivity contribution in [2.45, 2.75) is 37.6 Å². The van der Waals surface area contributed by atoms with Crippen LogP contribution in [0.3, 0.4) is 0 Å². The molecule has 0 aliphatic rings. The second-order valence-corrected chi connectivity index (χ2v) is 7.73. The molecule has 2 heterocycles. The summed E-state index contributed by atoms with van der Waals surface area (Å²) in [5, 5.41) is 20.3. The van der Waals surface area contributed by atoms with E-state index in [0.29, 0.717) is 24.1 Å². The summed E-state index contributed by atoms with van der Waals surface area (Å²) in [4.78, 5) is 51.2. The van der Waals surface area contributed by atoms with Crippen LogP contribution in [0.15, 0.2) is 30.5 Å². The van der Waals surface area contributed by atoms with Crippen molar-refractivity contribution in [2.24, 2.45) is 0 Å². The second-order valence-electron chi connectivity index (χ2n) is 7.73. The normalized spacial score (nSPS) is 12.4. The van der Waals surface area contributed by atoms with Crippen molar-refractivity contribution in [3.63, 3.8) is 0 Å². The van der Waals surface area contributed by atoms with Gasteiger partial charge in [-0.25, -0.2) is 14.8 Å². The third kappa shape index (κ3) is 6.38. The van der Waals surface area contributed by atoms with E-state index >= 15 is 0 Å². The molecule has 2 aromatic heterocycles. The highest BCUT2D eigenvalue weighted by atomic mass is 16.4. The van der Waals surface area contributed by atoms with Crippen LogP contribution in [0.1, 0.15) is 46.8 Å². The number of carbonyl (C=O) groups is 3. The van der Waals surface area contributed by atoms with E-state index in [1.807, 2.05) is 0 Å². The Morgan fingerprint density at radius 2 is 1.80 bits per heavy atom. The Bertz CT molecular complexity index is 1300. The van der Waals surface area contributed by atoms with Crippen LogP contribution in [-0.4, -0.2) is 54.0 Å². The summed E-state index contributed by atoms with van der Waals surface area (Å²) < 4.78 is 0. The van der Waals surface area contributed by atoms with Gasteiger partial charge < -0.3 is 27.0 Å². The molecule has 12 nitrogen and oxygen atoms in total. The summed E-state index contributed by atoms with van der Waals surface area (Å²) in [6.07, 6.45) is 7.32. The number of nitrogens with zero attached hydrogens (tertiary/aromatic N) is 4. The van der Waals surface area contributed by atoms with Gasteiger partial charge in [-0.1, -0.05) is 12.1 Å². The van der Waals surface area contributed by atoms with Crippen molar-refractivity contribution in [1.82, 2.24) is 25.3 Å². The van der Waals surface area contributed by atoms with Crippen LogP contribution in [-0.2, 0) is 16.0 Å². The first-order valence-electron chi connectivity index (χ1n) is 10.5. The van der Waals surface area contributed by atoms with Crippen LogP contribution in [0.2, 0.25) is 0 Å². The molecule has 12 heteroatoms. The van der Waals surface area contributed by atoms with E-state index < -0.39 is 23.9 Å². The van der Waals surface area contributed by atoms with Gasteiger partial charge in [0.1, 0.15) is 6.04 Å². The number of carbonyl (C=O) groups excluding carboxylic acids is 1. The van der Waals surface area contributed by atoms with Crippen molar-refractivity contribution in [3.05, 3.63) is 47.3 Å². The third-order valence-electron chi connectivity index (χ3n) is 5.22. The zero-order valence-electron chi connectivity index (χ0n) is 18.5. The van der Waals surface area contributed by atoms with Gasteiger partial charge in [-0.3, -0.25) is 9.59 Å². The van der Waals surface area contributed by atoms with Gasteiger partial charge in [-0.2, -0.15) is 9.97 Å². The number of amides is 1. The predicted octanol–water partition coefficient (Wildman–Crippen LogP) is 0.982. The number of hydrogen-bond donors (Lipinski definition) is 5. The molecule has 0 saturated heterocycles.